The van der Waals surface area contributed by atoms with Crippen LogP contribution in [0.2, 0.25) is 0 Å². The lowest BCUT2D eigenvalue weighted by Gasteiger charge is -2.38. The van der Waals surface area contributed by atoms with Gasteiger partial charge in [-0.15, -0.1) is 0 Å². The highest BCUT2D eigenvalue weighted by molar-refractivity contribution is 9.10. The minimum Gasteiger partial charge on any atom is -0.381 e. The van der Waals surface area contributed by atoms with Gasteiger partial charge in [0.05, 0.1) is 6.10 Å². The predicted octanol–water partition coefficient (Wildman–Crippen LogP) is 3.66. The van der Waals surface area contributed by atoms with Crippen LogP contribution in [0.1, 0.15) is 37.0 Å². The van der Waals surface area contributed by atoms with Crippen LogP contribution in [0.4, 0.5) is 0 Å². The van der Waals surface area contributed by atoms with Crippen molar-refractivity contribution in [2.24, 2.45) is 5.92 Å². The number of rotatable bonds is 6. The lowest BCUT2D eigenvalue weighted by molar-refractivity contribution is 0.0271. The van der Waals surface area contributed by atoms with E-state index in [-0.39, 0.29) is 11.9 Å². The second-order valence-corrected chi connectivity index (χ2v) is 7.89. The van der Waals surface area contributed by atoms with Crippen LogP contribution in [0, 0.1) is 5.92 Å². The molecule has 0 aliphatic carbocycles. The number of benzene rings is 1. The lowest BCUT2D eigenvalue weighted by Crippen LogP contribution is -2.50. The minimum absolute atomic E-state index is 0.0907. The molecule has 1 saturated heterocycles. The average Bonchev–Trinajstić information content (AvgIpc) is 2.59. The molecule has 1 unspecified atom stereocenters. The van der Waals surface area contributed by atoms with Crippen LogP contribution in [-0.4, -0.2) is 61.6 Å². The second kappa shape index (κ2) is 8.97. The maximum absolute atomic E-state index is 12.8. The van der Waals surface area contributed by atoms with Crippen LogP contribution in [0.25, 0.3) is 0 Å². The topological polar surface area (TPSA) is 32.8 Å². The fourth-order valence-electron chi connectivity index (χ4n) is 3.32. The number of ether oxygens (including phenoxy) is 1. The van der Waals surface area contributed by atoms with Gasteiger partial charge in [-0.3, -0.25) is 4.79 Å². The van der Waals surface area contributed by atoms with Crippen LogP contribution in [-0.2, 0) is 4.74 Å². The Hall–Kier alpha value is -0.910. The molecular formula is C19H29BrN2O2. The molecule has 1 fully saturated rings. The summed E-state index contributed by atoms with van der Waals surface area (Å²) in [4.78, 5) is 17.2. The van der Waals surface area contributed by atoms with Gasteiger partial charge in [-0.25, -0.2) is 0 Å². The van der Waals surface area contributed by atoms with Crippen LogP contribution >= 0.6 is 15.9 Å². The zero-order chi connectivity index (χ0) is 17.7. The van der Waals surface area contributed by atoms with Crippen molar-refractivity contribution >= 4 is 21.8 Å². The number of likely N-dealkylation sites (tertiary alicyclic amines) is 1. The molecule has 0 bridgehead atoms. The van der Waals surface area contributed by atoms with E-state index in [1.807, 2.05) is 36.2 Å². The second-order valence-electron chi connectivity index (χ2n) is 6.97. The lowest BCUT2D eigenvalue weighted by atomic mass is 9.99. The summed E-state index contributed by atoms with van der Waals surface area (Å²) >= 11 is 3.42. The van der Waals surface area contributed by atoms with Crippen molar-refractivity contribution in [3.63, 3.8) is 0 Å². The van der Waals surface area contributed by atoms with Gasteiger partial charge in [-0.05, 0) is 43.0 Å². The number of methoxy groups -OCH3 is 1. The molecule has 0 aromatic heterocycles. The monoisotopic (exact) mass is 396 g/mol. The molecule has 5 heteroatoms. The number of carbonyl (C=O) groups excluding carboxylic acids is 1. The smallest absolute Gasteiger partial charge is 0.253 e. The van der Waals surface area contributed by atoms with E-state index in [9.17, 15) is 4.79 Å². The molecule has 1 aromatic carbocycles. The van der Waals surface area contributed by atoms with E-state index in [4.69, 9.17) is 4.74 Å². The highest BCUT2D eigenvalue weighted by atomic mass is 79.9. The van der Waals surface area contributed by atoms with Crippen molar-refractivity contribution in [1.82, 2.24) is 9.80 Å². The van der Waals surface area contributed by atoms with Crippen LogP contribution in [0.15, 0.2) is 28.7 Å². The Morgan fingerprint density at radius 1 is 1.29 bits per heavy atom. The van der Waals surface area contributed by atoms with Crippen molar-refractivity contribution in [3.05, 3.63) is 34.3 Å². The van der Waals surface area contributed by atoms with E-state index in [1.165, 1.54) is 0 Å². The third kappa shape index (κ3) is 5.04. The Labute approximate surface area is 154 Å². The maximum atomic E-state index is 12.8. The molecule has 24 heavy (non-hydrogen) atoms. The SMILES string of the molecule is COC1CCN(CC(C(C)C)N(C)C(=O)c2ccc(Br)cc2)CC1. The van der Waals surface area contributed by atoms with E-state index in [0.717, 1.165) is 42.5 Å². The Morgan fingerprint density at radius 3 is 2.38 bits per heavy atom. The number of nitrogens with zero attached hydrogens (tertiary/aromatic N) is 2. The average molecular weight is 397 g/mol. The Kier molecular flexibility index (Phi) is 7.26. The first-order valence-electron chi connectivity index (χ1n) is 8.70. The first-order valence-corrected chi connectivity index (χ1v) is 9.49. The third-order valence-corrected chi connectivity index (χ3v) is 5.52. The number of halogens is 1. The number of likely N-dealkylation sites (N-methyl/N-ethyl adjacent to an activating group) is 1. The van der Waals surface area contributed by atoms with Crippen LogP contribution in [0.3, 0.4) is 0 Å². The van der Waals surface area contributed by atoms with E-state index in [2.05, 4.69) is 34.7 Å². The molecule has 1 aliphatic heterocycles. The van der Waals surface area contributed by atoms with E-state index in [1.54, 1.807) is 7.11 Å². The largest absolute Gasteiger partial charge is 0.381 e. The summed E-state index contributed by atoms with van der Waals surface area (Å²) in [5.41, 5.74) is 0.740. The van der Waals surface area contributed by atoms with Gasteiger partial charge in [0.15, 0.2) is 0 Å². The van der Waals surface area contributed by atoms with Gasteiger partial charge in [-0.1, -0.05) is 29.8 Å². The molecule has 0 radical (unpaired) electrons. The standard InChI is InChI=1S/C19H29BrN2O2/c1-14(2)18(13-22-11-9-17(24-4)10-12-22)21(3)19(23)15-5-7-16(20)8-6-15/h5-8,14,17-18H,9-13H2,1-4H3. The highest BCUT2D eigenvalue weighted by Crippen LogP contribution is 2.19. The molecule has 1 heterocycles. The molecule has 0 spiro atoms. The first-order chi connectivity index (χ1) is 11.4. The summed E-state index contributed by atoms with van der Waals surface area (Å²) in [5, 5.41) is 0. The molecule has 1 atom stereocenters. The molecule has 1 aliphatic rings. The zero-order valence-corrected chi connectivity index (χ0v) is 16.8. The zero-order valence-electron chi connectivity index (χ0n) is 15.2. The van der Waals surface area contributed by atoms with Gasteiger partial charge < -0.3 is 14.5 Å². The number of carbonyl (C=O) groups is 1. The highest BCUT2D eigenvalue weighted by Gasteiger charge is 2.28. The summed E-state index contributed by atoms with van der Waals surface area (Å²) in [7, 11) is 3.72. The fraction of sp³-hybridized carbons (Fsp3) is 0.632. The van der Waals surface area contributed by atoms with Crippen molar-refractivity contribution < 1.29 is 9.53 Å². The van der Waals surface area contributed by atoms with Crippen LogP contribution < -0.4 is 0 Å². The van der Waals surface area contributed by atoms with E-state index in [0.29, 0.717) is 12.0 Å². The van der Waals surface area contributed by atoms with Crippen molar-refractivity contribution in [1.29, 1.82) is 0 Å². The van der Waals surface area contributed by atoms with Gasteiger partial charge in [0, 0.05) is 49.9 Å². The molecule has 0 N–H and O–H groups in total. The Morgan fingerprint density at radius 2 is 1.88 bits per heavy atom. The summed E-state index contributed by atoms with van der Waals surface area (Å²) in [6.07, 6.45) is 2.54. The Balaban J connectivity index is 2.01. The van der Waals surface area contributed by atoms with Crippen molar-refractivity contribution in [2.45, 2.75) is 38.8 Å². The van der Waals surface area contributed by atoms with Gasteiger partial charge in [-0.2, -0.15) is 0 Å². The molecular weight excluding hydrogens is 368 g/mol. The van der Waals surface area contributed by atoms with Crippen molar-refractivity contribution in [3.8, 4) is 0 Å². The molecule has 134 valence electrons. The molecule has 1 aromatic rings. The van der Waals surface area contributed by atoms with Gasteiger partial charge in [0.25, 0.3) is 5.91 Å². The maximum Gasteiger partial charge on any atom is 0.253 e. The number of amides is 1. The van der Waals surface area contributed by atoms with Gasteiger partial charge in [0.1, 0.15) is 0 Å². The van der Waals surface area contributed by atoms with E-state index >= 15 is 0 Å². The number of hydrogen-bond acceptors (Lipinski definition) is 3. The van der Waals surface area contributed by atoms with Gasteiger partial charge in [0.2, 0.25) is 0 Å². The molecule has 0 saturated carbocycles. The first kappa shape index (κ1) is 19.4. The molecule has 4 nitrogen and oxygen atoms in total. The van der Waals surface area contributed by atoms with Gasteiger partial charge >= 0.3 is 0 Å². The fourth-order valence-corrected chi connectivity index (χ4v) is 3.58. The molecule has 1 amide bonds. The third-order valence-electron chi connectivity index (χ3n) is 4.99. The Bertz CT molecular complexity index is 525. The summed E-state index contributed by atoms with van der Waals surface area (Å²) in [6.45, 7) is 7.40. The number of piperidine rings is 1. The van der Waals surface area contributed by atoms with E-state index < -0.39 is 0 Å². The summed E-state index contributed by atoms with van der Waals surface area (Å²) in [6, 6.07) is 7.80. The normalized spacial score (nSPS) is 17.9. The molecule has 2 rings (SSSR count). The van der Waals surface area contributed by atoms with Crippen molar-refractivity contribution in [2.75, 3.05) is 33.8 Å². The predicted molar refractivity (Wildman–Crippen MR) is 101 cm³/mol. The summed E-state index contributed by atoms with van der Waals surface area (Å²) < 4.78 is 6.44. The summed E-state index contributed by atoms with van der Waals surface area (Å²) in [5.74, 6) is 0.502. The quantitative estimate of drug-likeness (QED) is 0.735. The number of hydrogen-bond donors (Lipinski definition) is 0. The van der Waals surface area contributed by atoms with Crippen LogP contribution in [0.5, 0.6) is 0 Å². The minimum atomic E-state index is 0.0907.